The lowest BCUT2D eigenvalue weighted by Crippen LogP contribution is -2.55. The molecule has 0 aliphatic heterocycles. The Balaban J connectivity index is 3.04. The zero-order valence-corrected chi connectivity index (χ0v) is 9.96. The van der Waals surface area contributed by atoms with E-state index in [4.69, 9.17) is 6.42 Å². The Morgan fingerprint density at radius 3 is 2.67 bits per heavy atom. The van der Waals surface area contributed by atoms with Crippen molar-refractivity contribution in [3.8, 4) is 12.3 Å². The molecule has 1 rings (SSSR count). The highest BCUT2D eigenvalue weighted by atomic mass is 16.6. The minimum atomic E-state index is -1.64. The van der Waals surface area contributed by atoms with Crippen molar-refractivity contribution in [3.63, 3.8) is 0 Å². The van der Waals surface area contributed by atoms with E-state index in [0.29, 0.717) is 0 Å². The SMILES string of the molecule is C#C[C@@]1(O)CC[C@@](C[N+](=O)[O-])(C(=O)OC)[C@H](O)C1. The number of hydrogen-bond donors (Lipinski definition) is 2. The summed E-state index contributed by atoms with van der Waals surface area (Å²) < 4.78 is 4.53. The topological polar surface area (TPSA) is 110 Å². The third-order valence-electron chi connectivity index (χ3n) is 3.43. The first-order valence-electron chi connectivity index (χ1n) is 5.38. The molecule has 3 atom stereocenters. The van der Waals surface area contributed by atoms with Gasteiger partial charge in [0.15, 0.2) is 5.41 Å². The monoisotopic (exact) mass is 257 g/mol. The summed E-state index contributed by atoms with van der Waals surface area (Å²) in [6.45, 7) is -0.749. The van der Waals surface area contributed by atoms with Crippen molar-refractivity contribution < 1.29 is 24.7 Å². The molecule has 100 valence electrons. The van der Waals surface area contributed by atoms with E-state index >= 15 is 0 Å². The molecule has 1 saturated carbocycles. The first-order valence-corrected chi connectivity index (χ1v) is 5.38. The van der Waals surface area contributed by atoms with Gasteiger partial charge in [-0.25, -0.2) is 0 Å². The molecule has 0 aromatic carbocycles. The quantitative estimate of drug-likeness (QED) is 0.300. The second-order valence-corrected chi connectivity index (χ2v) is 4.53. The largest absolute Gasteiger partial charge is 0.468 e. The van der Waals surface area contributed by atoms with Crippen molar-refractivity contribution in [1.82, 2.24) is 0 Å². The number of rotatable bonds is 3. The molecule has 0 aromatic heterocycles. The van der Waals surface area contributed by atoms with E-state index in [0.717, 1.165) is 7.11 Å². The molecule has 1 aliphatic rings. The highest BCUT2D eigenvalue weighted by Crippen LogP contribution is 2.42. The molecule has 0 bridgehead atoms. The molecule has 0 spiro atoms. The van der Waals surface area contributed by atoms with Gasteiger partial charge < -0.3 is 14.9 Å². The Hall–Kier alpha value is -1.65. The van der Waals surface area contributed by atoms with E-state index < -0.39 is 34.6 Å². The van der Waals surface area contributed by atoms with Gasteiger partial charge in [0.1, 0.15) is 5.60 Å². The van der Waals surface area contributed by atoms with Crippen LogP contribution in [-0.4, -0.2) is 46.5 Å². The van der Waals surface area contributed by atoms with Gasteiger partial charge in [0.25, 0.3) is 0 Å². The smallest absolute Gasteiger partial charge is 0.321 e. The fourth-order valence-corrected chi connectivity index (χ4v) is 2.27. The molecular weight excluding hydrogens is 242 g/mol. The lowest BCUT2D eigenvalue weighted by atomic mass is 9.66. The van der Waals surface area contributed by atoms with Crippen LogP contribution in [0.2, 0.25) is 0 Å². The molecule has 0 aromatic rings. The second kappa shape index (κ2) is 4.92. The van der Waals surface area contributed by atoms with Crippen molar-refractivity contribution in [3.05, 3.63) is 10.1 Å². The molecule has 1 fully saturated rings. The van der Waals surface area contributed by atoms with Gasteiger partial charge in [0, 0.05) is 11.3 Å². The normalized spacial score (nSPS) is 35.6. The molecule has 0 unspecified atom stereocenters. The Kier molecular flexibility index (Phi) is 3.94. The molecule has 18 heavy (non-hydrogen) atoms. The summed E-state index contributed by atoms with van der Waals surface area (Å²) in [5.41, 5.74) is -3.17. The molecule has 7 nitrogen and oxygen atoms in total. The zero-order chi connectivity index (χ0) is 14.0. The Bertz CT molecular complexity index is 403. The zero-order valence-electron chi connectivity index (χ0n) is 9.96. The predicted molar refractivity (Wildman–Crippen MR) is 60.0 cm³/mol. The molecule has 0 heterocycles. The fraction of sp³-hybridized carbons (Fsp3) is 0.727. The van der Waals surface area contributed by atoms with E-state index in [1.165, 1.54) is 0 Å². The van der Waals surface area contributed by atoms with Crippen LogP contribution in [0.25, 0.3) is 0 Å². The summed E-state index contributed by atoms with van der Waals surface area (Å²) in [5.74, 6) is 1.28. The molecule has 0 saturated heterocycles. The van der Waals surface area contributed by atoms with Gasteiger partial charge >= 0.3 is 5.97 Å². The number of terminal acetylenes is 1. The van der Waals surface area contributed by atoms with Crippen molar-refractivity contribution in [1.29, 1.82) is 0 Å². The van der Waals surface area contributed by atoms with E-state index in [1.54, 1.807) is 0 Å². The minimum absolute atomic E-state index is 0.00347. The highest BCUT2D eigenvalue weighted by Gasteiger charge is 2.56. The first kappa shape index (κ1) is 14.4. The van der Waals surface area contributed by atoms with Gasteiger partial charge in [0.2, 0.25) is 6.54 Å². The van der Waals surface area contributed by atoms with Crippen LogP contribution in [0, 0.1) is 27.9 Å². The fourth-order valence-electron chi connectivity index (χ4n) is 2.27. The number of aliphatic hydroxyl groups is 2. The third-order valence-corrected chi connectivity index (χ3v) is 3.43. The number of aliphatic hydroxyl groups excluding tert-OH is 1. The van der Waals surface area contributed by atoms with Crippen LogP contribution < -0.4 is 0 Å². The number of nitro groups is 1. The summed E-state index contributed by atoms with van der Waals surface area (Å²) in [5, 5.41) is 30.5. The molecule has 0 amide bonds. The number of carbonyl (C=O) groups excluding carboxylic acids is 1. The number of methoxy groups -OCH3 is 1. The van der Waals surface area contributed by atoms with Gasteiger partial charge in [-0.05, 0) is 12.8 Å². The number of nitrogens with zero attached hydrogens (tertiary/aromatic N) is 1. The number of esters is 1. The van der Waals surface area contributed by atoms with Gasteiger partial charge in [-0.3, -0.25) is 14.9 Å². The molecule has 0 radical (unpaired) electrons. The minimum Gasteiger partial charge on any atom is -0.468 e. The number of ether oxygens (including phenoxy) is 1. The van der Waals surface area contributed by atoms with Gasteiger partial charge in [-0.15, -0.1) is 6.42 Å². The van der Waals surface area contributed by atoms with Crippen molar-refractivity contribution in [2.75, 3.05) is 13.7 Å². The van der Waals surface area contributed by atoms with Crippen molar-refractivity contribution >= 4 is 5.97 Å². The Morgan fingerprint density at radius 1 is 1.67 bits per heavy atom. The maximum atomic E-state index is 11.7. The maximum absolute atomic E-state index is 11.7. The van der Waals surface area contributed by atoms with Crippen LogP contribution in [-0.2, 0) is 9.53 Å². The van der Waals surface area contributed by atoms with Gasteiger partial charge in [-0.2, -0.15) is 0 Å². The predicted octanol–water partition coefficient (Wildman–Crippen LogP) is -0.668. The van der Waals surface area contributed by atoms with E-state index in [2.05, 4.69) is 10.7 Å². The summed E-state index contributed by atoms with van der Waals surface area (Å²) in [4.78, 5) is 21.7. The van der Waals surface area contributed by atoms with Crippen LogP contribution in [0.5, 0.6) is 0 Å². The molecule has 2 N–H and O–H groups in total. The first-order chi connectivity index (χ1) is 8.29. The summed E-state index contributed by atoms with van der Waals surface area (Å²) >= 11 is 0. The lowest BCUT2D eigenvalue weighted by molar-refractivity contribution is -0.499. The van der Waals surface area contributed by atoms with Crippen LogP contribution >= 0.6 is 0 Å². The average Bonchev–Trinajstić information content (AvgIpc) is 2.31. The second-order valence-electron chi connectivity index (χ2n) is 4.53. The van der Waals surface area contributed by atoms with E-state index in [1.807, 2.05) is 0 Å². The van der Waals surface area contributed by atoms with Crippen molar-refractivity contribution in [2.24, 2.45) is 5.41 Å². The van der Waals surface area contributed by atoms with E-state index in [-0.39, 0.29) is 19.3 Å². The van der Waals surface area contributed by atoms with Crippen molar-refractivity contribution in [2.45, 2.75) is 31.0 Å². The van der Waals surface area contributed by atoms with Gasteiger partial charge in [0.05, 0.1) is 13.2 Å². The maximum Gasteiger partial charge on any atom is 0.321 e. The summed E-state index contributed by atoms with van der Waals surface area (Å²) in [7, 11) is 1.10. The average molecular weight is 257 g/mol. The number of hydrogen-bond acceptors (Lipinski definition) is 6. The Morgan fingerprint density at radius 2 is 2.28 bits per heavy atom. The van der Waals surface area contributed by atoms with Crippen LogP contribution in [0.1, 0.15) is 19.3 Å². The summed E-state index contributed by atoms with van der Waals surface area (Å²) in [6, 6.07) is 0. The Labute approximate surface area is 104 Å². The molecule has 7 heteroatoms. The summed E-state index contributed by atoms with van der Waals surface area (Å²) in [6.07, 6.45) is 3.35. The molecular formula is C11H15NO6. The van der Waals surface area contributed by atoms with Crippen LogP contribution in [0.3, 0.4) is 0 Å². The third kappa shape index (κ3) is 2.44. The lowest BCUT2D eigenvalue weighted by Gasteiger charge is -2.41. The molecule has 1 aliphatic carbocycles. The van der Waals surface area contributed by atoms with Gasteiger partial charge in [-0.1, -0.05) is 5.92 Å². The standard InChI is InChI=1S/C11H15NO6/c1-3-10(15)4-5-11(7-12(16)17,8(13)6-10)9(14)18-2/h1,8,13,15H,4-7H2,2H3/t8-,10-,11+/m1/s1. The highest BCUT2D eigenvalue weighted by molar-refractivity contribution is 5.78. The number of carbonyl (C=O) groups is 1. The van der Waals surface area contributed by atoms with Crippen LogP contribution in [0.15, 0.2) is 0 Å². The van der Waals surface area contributed by atoms with Crippen LogP contribution in [0.4, 0.5) is 0 Å². The van der Waals surface area contributed by atoms with E-state index in [9.17, 15) is 25.1 Å².